The van der Waals surface area contributed by atoms with Gasteiger partial charge in [0, 0.05) is 30.6 Å². The predicted octanol–water partition coefficient (Wildman–Crippen LogP) is 3.60. The number of nitrogens with zero attached hydrogens (tertiary/aromatic N) is 2. The van der Waals surface area contributed by atoms with E-state index in [0.29, 0.717) is 30.8 Å². The van der Waals surface area contributed by atoms with Crippen LogP contribution < -0.4 is 5.32 Å². The van der Waals surface area contributed by atoms with Gasteiger partial charge in [-0.1, -0.05) is 18.2 Å². The standard InChI is InChI=1S/C18H14F3N3/c19-12-4-1-3-11(9-12)17-13-10-22-8-7-16(13)24(23-17)18-14(20)5-2-6-15(18)21/h1-6,9,22H,7-8,10H2. The van der Waals surface area contributed by atoms with Crippen LogP contribution in [0.4, 0.5) is 13.2 Å². The minimum absolute atomic E-state index is 0.196. The number of halogens is 3. The van der Waals surface area contributed by atoms with E-state index in [9.17, 15) is 13.2 Å². The largest absolute Gasteiger partial charge is 0.312 e. The average molecular weight is 329 g/mol. The molecule has 0 atom stereocenters. The van der Waals surface area contributed by atoms with Crippen LogP contribution in [-0.4, -0.2) is 16.3 Å². The first-order chi connectivity index (χ1) is 11.6. The summed E-state index contributed by atoms with van der Waals surface area (Å²) < 4.78 is 43.3. The van der Waals surface area contributed by atoms with E-state index in [-0.39, 0.29) is 11.5 Å². The van der Waals surface area contributed by atoms with Crippen molar-refractivity contribution >= 4 is 0 Å². The molecule has 0 saturated heterocycles. The first kappa shape index (κ1) is 15.0. The number of nitrogens with one attached hydrogen (secondary N) is 1. The Bertz CT molecular complexity index is 898. The van der Waals surface area contributed by atoms with Crippen LogP contribution in [0.3, 0.4) is 0 Å². The fraction of sp³-hybridized carbons (Fsp3) is 0.167. The van der Waals surface area contributed by atoms with Crippen LogP contribution in [0.5, 0.6) is 0 Å². The molecule has 1 aromatic heterocycles. The molecule has 1 N–H and O–H groups in total. The second-order valence-corrected chi connectivity index (χ2v) is 5.69. The highest BCUT2D eigenvalue weighted by Crippen LogP contribution is 2.31. The van der Waals surface area contributed by atoms with Crippen molar-refractivity contribution in [1.82, 2.24) is 15.1 Å². The molecule has 3 nitrogen and oxygen atoms in total. The molecular formula is C18H14F3N3. The summed E-state index contributed by atoms with van der Waals surface area (Å²) in [4.78, 5) is 0. The van der Waals surface area contributed by atoms with Crippen LogP contribution in [0, 0.1) is 17.5 Å². The fourth-order valence-electron chi connectivity index (χ4n) is 3.09. The molecule has 0 bridgehead atoms. The molecule has 0 aliphatic carbocycles. The van der Waals surface area contributed by atoms with Gasteiger partial charge in [0.05, 0.1) is 11.4 Å². The lowest BCUT2D eigenvalue weighted by molar-refractivity contribution is 0.548. The van der Waals surface area contributed by atoms with E-state index < -0.39 is 11.6 Å². The van der Waals surface area contributed by atoms with E-state index >= 15 is 0 Å². The fourth-order valence-corrected chi connectivity index (χ4v) is 3.09. The second-order valence-electron chi connectivity index (χ2n) is 5.69. The summed E-state index contributed by atoms with van der Waals surface area (Å²) in [5.74, 6) is -1.73. The molecule has 6 heteroatoms. The Hall–Kier alpha value is -2.60. The highest BCUT2D eigenvalue weighted by atomic mass is 19.1. The number of para-hydroxylation sites is 1. The maximum absolute atomic E-state index is 14.2. The molecule has 24 heavy (non-hydrogen) atoms. The Labute approximate surface area is 136 Å². The van der Waals surface area contributed by atoms with Crippen LogP contribution >= 0.6 is 0 Å². The number of hydrogen-bond donors (Lipinski definition) is 1. The smallest absolute Gasteiger partial charge is 0.151 e. The van der Waals surface area contributed by atoms with Crippen LogP contribution in [-0.2, 0) is 13.0 Å². The van der Waals surface area contributed by atoms with Gasteiger partial charge < -0.3 is 5.32 Å². The third kappa shape index (κ3) is 2.39. The molecule has 0 saturated carbocycles. The average Bonchev–Trinajstić information content (AvgIpc) is 2.94. The van der Waals surface area contributed by atoms with Crippen molar-refractivity contribution in [1.29, 1.82) is 0 Å². The molecule has 2 aromatic carbocycles. The molecule has 0 amide bonds. The first-order valence-electron chi connectivity index (χ1n) is 7.67. The van der Waals surface area contributed by atoms with E-state index in [1.54, 1.807) is 12.1 Å². The lowest BCUT2D eigenvalue weighted by atomic mass is 10.0. The third-order valence-electron chi connectivity index (χ3n) is 4.18. The van der Waals surface area contributed by atoms with Crippen molar-refractivity contribution in [2.24, 2.45) is 0 Å². The molecule has 0 fully saturated rings. The molecule has 0 spiro atoms. The number of hydrogen-bond acceptors (Lipinski definition) is 2. The molecule has 3 aromatic rings. The summed E-state index contributed by atoms with van der Waals surface area (Å²) >= 11 is 0. The van der Waals surface area contributed by atoms with Crippen LogP contribution in [0.2, 0.25) is 0 Å². The Morgan fingerprint density at radius 3 is 2.50 bits per heavy atom. The minimum atomic E-state index is -0.676. The van der Waals surface area contributed by atoms with E-state index in [4.69, 9.17) is 0 Å². The van der Waals surface area contributed by atoms with Gasteiger partial charge in [0.1, 0.15) is 11.5 Å². The zero-order valence-corrected chi connectivity index (χ0v) is 12.7. The maximum atomic E-state index is 14.2. The molecule has 2 heterocycles. The van der Waals surface area contributed by atoms with Crippen molar-refractivity contribution in [2.75, 3.05) is 6.54 Å². The van der Waals surface area contributed by atoms with Crippen molar-refractivity contribution in [3.05, 3.63) is 71.2 Å². The SMILES string of the molecule is Fc1cccc(-c2nn(-c3c(F)cccc3F)c3c2CNCC3)c1. The van der Waals surface area contributed by atoms with Gasteiger partial charge in [-0.25, -0.2) is 17.9 Å². The van der Waals surface area contributed by atoms with E-state index in [0.717, 1.165) is 11.3 Å². The first-order valence-corrected chi connectivity index (χ1v) is 7.67. The number of fused-ring (bicyclic) bond motifs is 1. The number of benzene rings is 2. The predicted molar refractivity (Wildman–Crippen MR) is 84.3 cm³/mol. The molecule has 0 radical (unpaired) electrons. The third-order valence-corrected chi connectivity index (χ3v) is 4.18. The van der Waals surface area contributed by atoms with E-state index in [1.807, 2.05) is 0 Å². The molecular weight excluding hydrogens is 315 g/mol. The van der Waals surface area contributed by atoms with Gasteiger partial charge in [-0.3, -0.25) is 0 Å². The lowest BCUT2D eigenvalue weighted by Crippen LogP contribution is -2.25. The van der Waals surface area contributed by atoms with Crippen molar-refractivity contribution < 1.29 is 13.2 Å². The van der Waals surface area contributed by atoms with Crippen LogP contribution in [0.25, 0.3) is 16.9 Å². The van der Waals surface area contributed by atoms with Gasteiger partial charge in [0.2, 0.25) is 0 Å². The summed E-state index contributed by atoms with van der Waals surface area (Å²) in [6.07, 6.45) is 0.589. The summed E-state index contributed by atoms with van der Waals surface area (Å²) in [5, 5.41) is 7.65. The summed E-state index contributed by atoms with van der Waals surface area (Å²) in [6, 6.07) is 9.78. The van der Waals surface area contributed by atoms with Gasteiger partial charge in [0.15, 0.2) is 11.6 Å². The van der Waals surface area contributed by atoms with Gasteiger partial charge in [-0.15, -0.1) is 0 Å². The normalized spacial score (nSPS) is 13.8. The van der Waals surface area contributed by atoms with Crippen LogP contribution in [0.1, 0.15) is 11.3 Å². The molecule has 1 aliphatic heterocycles. The number of aromatic nitrogens is 2. The Morgan fingerprint density at radius 1 is 1.00 bits per heavy atom. The maximum Gasteiger partial charge on any atom is 0.151 e. The zero-order valence-electron chi connectivity index (χ0n) is 12.7. The van der Waals surface area contributed by atoms with Gasteiger partial charge in [-0.2, -0.15) is 5.10 Å². The van der Waals surface area contributed by atoms with Gasteiger partial charge >= 0.3 is 0 Å². The molecule has 1 aliphatic rings. The molecule has 0 unspecified atom stereocenters. The zero-order chi connectivity index (χ0) is 16.7. The molecule has 122 valence electrons. The van der Waals surface area contributed by atoms with Gasteiger partial charge in [-0.05, 0) is 24.3 Å². The minimum Gasteiger partial charge on any atom is -0.312 e. The highest BCUT2D eigenvalue weighted by molar-refractivity contribution is 5.65. The van der Waals surface area contributed by atoms with Gasteiger partial charge in [0.25, 0.3) is 0 Å². The van der Waals surface area contributed by atoms with Crippen LogP contribution in [0.15, 0.2) is 42.5 Å². The second kappa shape index (κ2) is 5.79. The van der Waals surface area contributed by atoms with Crippen molar-refractivity contribution in [3.63, 3.8) is 0 Å². The monoisotopic (exact) mass is 329 g/mol. The Morgan fingerprint density at radius 2 is 1.75 bits per heavy atom. The topological polar surface area (TPSA) is 29.9 Å². The van der Waals surface area contributed by atoms with E-state index in [1.165, 1.54) is 35.0 Å². The Balaban J connectivity index is 1.97. The molecule has 4 rings (SSSR count). The Kier molecular flexibility index (Phi) is 3.61. The number of rotatable bonds is 2. The summed E-state index contributed by atoms with van der Waals surface area (Å²) in [6.45, 7) is 1.22. The summed E-state index contributed by atoms with van der Waals surface area (Å²) in [5.41, 5.74) is 2.52. The quantitative estimate of drug-likeness (QED) is 0.778. The highest BCUT2D eigenvalue weighted by Gasteiger charge is 2.25. The van der Waals surface area contributed by atoms with Crippen molar-refractivity contribution in [3.8, 4) is 16.9 Å². The van der Waals surface area contributed by atoms with E-state index in [2.05, 4.69) is 10.4 Å². The van der Waals surface area contributed by atoms with Crippen molar-refractivity contribution in [2.45, 2.75) is 13.0 Å². The summed E-state index contributed by atoms with van der Waals surface area (Å²) in [7, 11) is 0. The lowest BCUT2D eigenvalue weighted by Gasteiger charge is -2.16.